The largest absolute Gasteiger partial charge is 0.478 e. The van der Waals surface area contributed by atoms with Crippen LogP contribution in [0.1, 0.15) is 35.0 Å². The predicted molar refractivity (Wildman–Crippen MR) is 79.6 cm³/mol. The number of rotatable bonds is 5. The van der Waals surface area contributed by atoms with E-state index < -0.39 is 11.8 Å². The second-order valence-electron chi connectivity index (χ2n) is 4.84. The minimum absolute atomic E-state index is 0.143. The van der Waals surface area contributed by atoms with Gasteiger partial charge in [-0.05, 0) is 37.1 Å². The van der Waals surface area contributed by atoms with E-state index in [-0.39, 0.29) is 5.56 Å². The first-order chi connectivity index (χ1) is 10.0. The maximum atomic E-state index is 13.8. The average Bonchev–Trinajstić information content (AvgIpc) is 2.43. The molecule has 2 rings (SSSR count). The van der Waals surface area contributed by atoms with Gasteiger partial charge in [0.15, 0.2) is 0 Å². The van der Waals surface area contributed by atoms with Crippen molar-refractivity contribution in [1.29, 1.82) is 0 Å². The number of halogens is 1. The summed E-state index contributed by atoms with van der Waals surface area (Å²) in [5, 5.41) is 12.0. The van der Waals surface area contributed by atoms with Gasteiger partial charge in [-0.2, -0.15) is 0 Å². The number of para-hydroxylation sites is 1. The number of aromatic nitrogens is 1. The van der Waals surface area contributed by atoms with E-state index in [0.717, 1.165) is 12.0 Å². The van der Waals surface area contributed by atoms with Gasteiger partial charge >= 0.3 is 5.97 Å². The van der Waals surface area contributed by atoms with Gasteiger partial charge < -0.3 is 10.4 Å². The van der Waals surface area contributed by atoms with Crippen molar-refractivity contribution in [3.63, 3.8) is 0 Å². The minimum Gasteiger partial charge on any atom is -0.478 e. The molecule has 0 bridgehead atoms. The van der Waals surface area contributed by atoms with E-state index >= 15 is 0 Å². The van der Waals surface area contributed by atoms with E-state index in [1.54, 1.807) is 25.1 Å². The molecule has 0 spiro atoms. The molecule has 5 heteroatoms. The molecule has 1 aromatic heterocycles. The first-order valence-electron chi connectivity index (χ1n) is 6.77. The third kappa shape index (κ3) is 3.56. The maximum absolute atomic E-state index is 13.8. The zero-order valence-corrected chi connectivity index (χ0v) is 12.0. The minimum atomic E-state index is -1.02. The molecule has 2 aromatic rings. The molecule has 0 saturated carbocycles. The van der Waals surface area contributed by atoms with Crippen molar-refractivity contribution in [2.45, 2.75) is 26.7 Å². The summed E-state index contributed by atoms with van der Waals surface area (Å²) < 4.78 is 13.8. The zero-order valence-electron chi connectivity index (χ0n) is 12.0. The zero-order chi connectivity index (χ0) is 15.4. The van der Waals surface area contributed by atoms with Crippen LogP contribution in [0.25, 0.3) is 0 Å². The van der Waals surface area contributed by atoms with E-state index in [4.69, 9.17) is 5.11 Å². The maximum Gasteiger partial charge on any atom is 0.335 e. The Balaban J connectivity index is 2.41. The Morgan fingerprint density at radius 3 is 2.76 bits per heavy atom. The van der Waals surface area contributed by atoms with Gasteiger partial charge in [0, 0.05) is 5.69 Å². The van der Waals surface area contributed by atoms with Gasteiger partial charge in [-0.3, -0.25) is 0 Å². The number of aryl methyl sites for hydroxylation is 2. The van der Waals surface area contributed by atoms with Gasteiger partial charge in [-0.15, -0.1) is 0 Å². The van der Waals surface area contributed by atoms with Crippen LogP contribution in [0.4, 0.5) is 15.9 Å². The Labute approximate surface area is 122 Å². The molecule has 0 radical (unpaired) electrons. The Bertz CT molecular complexity index is 651. The molecule has 1 aromatic carbocycles. The van der Waals surface area contributed by atoms with Gasteiger partial charge in [0.05, 0.1) is 11.3 Å². The first kappa shape index (κ1) is 15.0. The highest BCUT2D eigenvalue weighted by molar-refractivity contribution is 5.88. The highest BCUT2D eigenvalue weighted by Crippen LogP contribution is 2.23. The molecule has 1 heterocycles. The van der Waals surface area contributed by atoms with Crippen molar-refractivity contribution in [3.8, 4) is 0 Å². The fourth-order valence-electron chi connectivity index (χ4n) is 2.08. The normalized spacial score (nSPS) is 10.4. The standard InChI is InChI=1S/C16H17FN2O2/c1-3-5-12-8-11(16(20)21)9-14(18-12)19-15-10(2)6-4-7-13(15)17/h4,6-9H,3,5H2,1-2H3,(H,18,19)(H,20,21). The molecular formula is C16H17FN2O2. The average molecular weight is 288 g/mol. The number of hydrogen-bond donors (Lipinski definition) is 2. The summed E-state index contributed by atoms with van der Waals surface area (Å²) >= 11 is 0. The van der Waals surface area contributed by atoms with Crippen molar-refractivity contribution in [3.05, 3.63) is 53.0 Å². The summed E-state index contributed by atoms with van der Waals surface area (Å²) in [4.78, 5) is 15.5. The molecule has 110 valence electrons. The molecule has 0 aliphatic heterocycles. The van der Waals surface area contributed by atoms with Crippen LogP contribution < -0.4 is 5.32 Å². The summed E-state index contributed by atoms with van der Waals surface area (Å²) in [6.07, 6.45) is 1.53. The molecule has 21 heavy (non-hydrogen) atoms. The Morgan fingerprint density at radius 1 is 1.38 bits per heavy atom. The number of pyridine rings is 1. The van der Waals surface area contributed by atoms with Crippen molar-refractivity contribution in [1.82, 2.24) is 4.98 Å². The molecule has 0 unspecified atom stereocenters. The van der Waals surface area contributed by atoms with E-state index in [0.29, 0.717) is 23.6 Å². The number of anilines is 2. The van der Waals surface area contributed by atoms with Crippen molar-refractivity contribution < 1.29 is 14.3 Å². The summed E-state index contributed by atoms with van der Waals surface area (Å²) in [6.45, 7) is 3.77. The highest BCUT2D eigenvalue weighted by atomic mass is 19.1. The van der Waals surface area contributed by atoms with Gasteiger partial charge in [-0.1, -0.05) is 25.5 Å². The molecule has 0 saturated heterocycles. The fourth-order valence-corrected chi connectivity index (χ4v) is 2.08. The van der Waals surface area contributed by atoms with Crippen LogP contribution in [0.2, 0.25) is 0 Å². The second kappa shape index (κ2) is 6.35. The molecule has 0 aliphatic rings. The Kier molecular flexibility index (Phi) is 4.52. The SMILES string of the molecule is CCCc1cc(C(=O)O)cc(Nc2c(C)cccc2F)n1. The number of hydrogen-bond acceptors (Lipinski definition) is 3. The highest BCUT2D eigenvalue weighted by Gasteiger charge is 2.11. The molecule has 2 N–H and O–H groups in total. The van der Waals surface area contributed by atoms with Crippen LogP contribution in [0, 0.1) is 12.7 Å². The number of carboxylic acid groups (broad SMARTS) is 1. The third-order valence-electron chi connectivity index (χ3n) is 3.11. The van der Waals surface area contributed by atoms with Gasteiger partial charge in [-0.25, -0.2) is 14.2 Å². The lowest BCUT2D eigenvalue weighted by Gasteiger charge is -2.12. The number of nitrogens with one attached hydrogen (secondary N) is 1. The van der Waals surface area contributed by atoms with Crippen LogP contribution in [0.15, 0.2) is 30.3 Å². The Morgan fingerprint density at radius 2 is 2.14 bits per heavy atom. The monoisotopic (exact) mass is 288 g/mol. The molecule has 4 nitrogen and oxygen atoms in total. The number of aromatic carboxylic acids is 1. The Hall–Kier alpha value is -2.43. The van der Waals surface area contributed by atoms with E-state index in [2.05, 4.69) is 10.3 Å². The first-order valence-corrected chi connectivity index (χ1v) is 6.77. The van der Waals surface area contributed by atoms with Crippen molar-refractivity contribution in [2.75, 3.05) is 5.32 Å². The van der Waals surface area contributed by atoms with Gasteiger partial charge in [0.25, 0.3) is 0 Å². The van der Waals surface area contributed by atoms with Crippen molar-refractivity contribution >= 4 is 17.5 Å². The summed E-state index contributed by atoms with van der Waals surface area (Å²) in [6, 6.07) is 7.71. The second-order valence-corrected chi connectivity index (χ2v) is 4.84. The number of benzene rings is 1. The number of carboxylic acids is 1. The van der Waals surface area contributed by atoms with Crippen molar-refractivity contribution in [2.24, 2.45) is 0 Å². The van der Waals surface area contributed by atoms with Crippen LogP contribution in [0.3, 0.4) is 0 Å². The van der Waals surface area contributed by atoms with Crippen LogP contribution in [-0.4, -0.2) is 16.1 Å². The lowest BCUT2D eigenvalue weighted by atomic mass is 10.1. The van der Waals surface area contributed by atoms with Gasteiger partial charge in [0.2, 0.25) is 0 Å². The fraction of sp³-hybridized carbons (Fsp3) is 0.250. The molecule has 0 amide bonds. The molecule has 0 atom stereocenters. The number of carbonyl (C=O) groups is 1. The smallest absolute Gasteiger partial charge is 0.335 e. The van der Waals surface area contributed by atoms with E-state index in [1.807, 2.05) is 6.92 Å². The van der Waals surface area contributed by atoms with Crippen LogP contribution in [0.5, 0.6) is 0 Å². The number of nitrogens with zero attached hydrogens (tertiary/aromatic N) is 1. The molecular weight excluding hydrogens is 271 g/mol. The third-order valence-corrected chi connectivity index (χ3v) is 3.11. The van der Waals surface area contributed by atoms with E-state index in [9.17, 15) is 9.18 Å². The molecule has 0 fully saturated rings. The lowest BCUT2D eigenvalue weighted by Crippen LogP contribution is -2.05. The molecule has 0 aliphatic carbocycles. The lowest BCUT2D eigenvalue weighted by molar-refractivity contribution is 0.0696. The van der Waals surface area contributed by atoms with Crippen LogP contribution in [-0.2, 0) is 6.42 Å². The van der Waals surface area contributed by atoms with Gasteiger partial charge in [0.1, 0.15) is 11.6 Å². The topological polar surface area (TPSA) is 62.2 Å². The quantitative estimate of drug-likeness (QED) is 0.875. The predicted octanol–water partition coefficient (Wildman–Crippen LogP) is 3.92. The van der Waals surface area contributed by atoms with E-state index in [1.165, 1.54) is 12.1 Å². The summed E-state index contributed by atoms with van der Waals surface area (Å²) in [5.41, 5.74) is 1.86. The summed E-state index contributed by atoms with van der Waals surface area (Å²) in [5.74, 6) is -1.08. The van der Waals surface area contributed by atoms with Crippen LogP contribution >= 0.6 is 0 Å². The summed E-state index contributed by atoms with van der Waals surface area (Å²) in [7, 11) is 0.